The first kappa shape index (κ1) is 18.4. The van der Waals surface area contributed by atoms with Gasteiger partial charge in [0.15, 0.2) is 5.78 Å². The van der Waals surface area contributed by atoms with Crippen molar-refractivity contribution in [3.63, 3.8) is 0 Å². The Bertz CT molecular complexity index is 821. The maximum absolute atomic E-state index is 12.6. The molecule has 0 radical (unpaired) electrons. The summed E-state index contributed by atoms with van der Waals surface area (Å²) in [7, 11) is 5.31. The summed E-state index contributed by atoms with van der Waals surface area (Å²) < 4.78 is 5.23. The first-order valence-electron chi connectivity index (χ1n) is 7.86. The van der Waals surface area contributed by atoms with E-state index in [9.17, 15) is 15.0 Å². The highest BCUT2D eigenvalue weighted by Gasteiger charge is 2.23. The number of aromatic hydroxyl groups is 2. The zero-order valence-electron chi connectivity index (χ0n) is 15.1. The Morgan fingerprint density at radius 1 is 1.04 bits per heavy atom. The van der Waals surface area contributed by atoms with Gasteiger partial charge in [0.1, 0.15) is 22.8 Å². The molecule has 2 aromatic carbocycles. The van der Waals surface area contributed by atoms with E-state index in [2.05, 4.69) is 0 Å². The third-order valence-electron chi connectivity index (χ3n) is 4.16. The minimum absolute atomic E-state index is 0.0523. The molecule has 132 valence electrons. The van der Waals surface area contributed by atoms with E-state index >= 15 is 0 Å². The summed E-state index contributed by atoms with van der Waals surface area (Å²) in [6.07, 6.45) is 3.07. The number of ketones is 1. The van der Waals surface area contributed by atoms with Crippen LogP contribution in [-0.2, 0) is 0 Å². The van der Waals surface area contributed by atoms with Crippen LogP contribution in [0.15, 0.2) is 30.3 Å². The number of methoxy groups -OCH3 is 1. The molecule has 0 saturated carbocycles. The van der Waals surface area contributed by atoms with Crippen molar-refractivity contribution in [2.45, 2.75) is 13.8 Å². The predicted molar refractivity (Wildman–Crippen MR) is 99.9 cm³/mol. The van der Waals surface area contributed by atoms with Gasteiger partial charge < -0.3 is 19.8 Å². The lowest BCUT2D eigenvalue weighted by molar-refractivity contribution is 0.104. The molecule has 25 heavy (non-hydrogen) atoms. The van der Waals surface area contributed by atoms with E-state index in [0.717, 1.165) is 11.3 Å². The van der Waals surface area contributed by atoms with Crippen LogP contribution in [0.4, 0.5) is 5.69 Å². The van der Waals surface area contributed by atoms with Crippen molar-refractivity contribution in [3.05, 3.63) is 52.6 Å². The first-order valence-corrected chi connectivity index (χ1v) is 7.86. The van der Waals surface area contributed by atoms with Gasteiger partial charge in [-0.05, 0) is 37.6 Å². The number of phenolic OH excluding ortho intramolecular Hbond substituents is 2. The van der Waals surface area contributed by atoms with Crippen LogP contribution in [0.25, 0.3) is 6.08 Å². The van der Waals surface area contributed by atoms with Crippen molar-refractivity contribution in [1.29, 1.82) is 0 Å². The smallest absolute Gasteiger partial charge is 0.193 e. The average molecular weight is 341 g/mol. The van der Waals surface area contributed by atoms with Crippen molar-refractivity contribution in [3.8, 4) is 17.2 Å². The number of hydrogen-bond donors (Lipinski definition) is 2. The fourth-order valence-corrected chi connectivity index (χ4v) is 2.61. The topological polar surface area (TPSA) is 70.0 Å². The van der Waals surface area contributed by atoms with Crippen LogP contribution in [0, 0.1) is 13.8 Å². The molecular formula is C20H23NO4. The first-order chi connectivity index (χ1) is 11.8. The number of carbonyl (C=O) groups excluding carboxylic acids is 1. The maximum atomic E-state index is 12.6. The third kappa shape index (κ3) is 3.60. The highest BCUT2D eigenvalue weighted by molar-refractivity contribution is 6.11. The van der Waals surface area contributed by atoms with E-state index < -0.39 is 5.78 Å². The maximum Gasteiger partial charge on any atom is 0.193 e. The summed E-state index contributed by atoms with van der Waals surface area (Å²) in [6.45, 7) is 3.19. The Morgan fingerprint density at radius 3 is 2.16 bits per heavy atom. The lowest BCUT2D eigenvalue weighted by Gasteiger charge is -2.15. The zero-order chi connectivity index (χ0) is 18.7. The Kier molecular flexibility index (Phi) is 5.37. The molecule has 0 saturated heterocycles. The number of phenols is 2. The SMILES string of the molecule is COc1c(C)c(O)c(C)c(O)c1C(=O)C=Cc1ccc(N(C)C)cc1. The van der Waals surface area contributed by atoms with Crippen molar-refractivity contribution in [2.75, 3.05) is 26.1 Å². The van der Waals surface area contributed by atoms with Gasteiger partial charge in [0.05, 0.1) is 7.11 Å². The van der Waals surface area contributed by atoms with E-state index in [1.807, 2.05) is 43.3 Å². The van der Waals surface area contributed by atoms with Gasteiger partial charge in [-0.25, -0.2) is 0 Å². The lowest BCUT2D eigenvalue weighted by atomic mass is 9.98. The third-order valence-corrected chi connectivity index (χ3v) is 4.16. The molecule has 0 fully saturated rings. The van der Waals surface area contributed by atoms with E-state index in [4.69, 9.17) is 4.74 Å². The van der Waals surface area contributed by atoms with Gasteiger partial charge in [-0.2, -0.15) is 0 Å². The monoisotopic (exact) mass is 341 g/mol. The van der Waals surface area contributed by atoms with Crippen LogP contribution in [0.1, 0.15) is 27.0 Å². The summed E-state index contributed by atoms with van der Waals surface area (Å²) in [5.74, 6) is -0.554. The van der Waals surface area contributed by atoms with Gasteiger partial charge in [-0.1, -0.05) is 18.2 Å². The predicted octanol–water partition coefficient (Wildman–Crippen LogP) is 3.69. The standard InChI is InChI=1S/C20H23NO4/c1-12-18(23)13(2)20(25-5)17(19(12)24)16(22)11-8-14-6-9-15(10-7-14)21(3)4/h6-11,23-24H,1-5H3. The summed E-state index contributed by atoms with van der Waals surface area (Å²) in [4.78, 5) is 14.6. The molecule has 2 aromatic rings. The van der Waals surface area contributed by atoms with Crippen molar-refractivity contribution in [1.82, 2.24) is 0 Å². The van der Waals surface area contributed by atoms with E-state index in [1.165, 1.54) is 13.2 Å². The van der Waals surface area contributed by atoms with Gasteiger partial charge in [-0.3, -0.25) is 4.79 Å². The molecule has 2 rings (SSSR count). The highest BCUT2D eigenvalue weighted by Crippen LogP contribution is 2.41. The Balaban J connectivity index is 2.38. The van der Waals surface area contributed by atoms with Gasteiger partial charge in [-0.15, -0.1) is 0 Å². The summed E-state index contributed by atoms with van der Waals surface area (Å²) >= 11 is 0. The zero-order valence-corrected chi connectivity index (χ0v) is 15.1. The Labute approximate surface area is 147 Å². The molecule has 0 spiro atoms. The second kappa shape index (κ2) is 7.30. The normalized spacial score (nSPS) is 10.9. The molecular weight excluding hydrogens is 318 g/mol. The molecule has 2 N–H and O–H groups in total. The van der Waals surface area contributed by atoms with Crippen molar-refractivity contribution in [2.24, 2.45) is 0 Å². The Hall–Kier alpha value is -2.95. The van der Waals surface area contributed by atoms with Gasteiger partial charge >= 0.3 is 0 Å². The number of carbonyl (C=O) groups is 1. The lowest BCUT2D eigenvalue weighted by Crippen LogP contribution is -2.07. The molecule has 0 aromatic heterocycles. The van der Waals surface area contributed by atoms with Gasteiger partial charge in [0.2, 0.25) is 0 Å². The summed E-state index contributed by atoms with van der Waals surface area (Å²) in [5, 5.41) is 20.3. The molecule has 0 atom stereocenters. The number of allylic oxidation sites excluding steroid dienone is 1. The molecule has 0 aliphatic carbocycles. The van der Waals surface area contributed by atoms with E-state index in [0.29, 0.717) is 5.56 Å². The van der Waals surface area contributed by atoms with E-state index in [-0.39, 0.29) is 28.4 Å². The molecule has 0 aliphatic heterocycles. The van der Waals surface area contributed by atoms with Crippen LogP contribution >= 0.6 is 0 Å². The highest BCUT2D eigenvalue weighted by atomic mass is 16.5. The minimum atomic E-state index is -0.391. The quantitative estimate of drug-likeness (QED) is 0.641. The van der Waals surface area contributed by atoms with Gasteiger partial charge in [0, 0.05) is 30.9 Å². The molecule has 0 amide bonds. The second-order valence-electron chi connectivity index (χ2n) is 6.04. The molecule has 0 unspecified atom stereocenters. The van der Waals surface area contributed by atoms with Crippen LogP contribution in [0.5, 0.6) is 17.2 Å². The van der Waals surface area contributed by atoms with Crippen LogP contribution in [-0.4, -0.2) is 37.2 Å². The molecule has 5 heteroatoms. The molecule has 5 nitrogen and oxygen atoms in total. The minimum Gasteiger partial charge on any atom is -0.507 e. The number of nitrogens with zero attached hydrogens (tertiary/aromatic N) is 1. The van der Waals surface area contributed by atoms with Gasteiger partial charge in [0.25, 0.3) is 0 Å². The number of anilines is 1. The number of benzene rings is 2. The van der Waals surface area contributed by atoms with Crippen molar-refractivity contribution < 1.29 is 19.7 Å². The summed E-state index contributed by atoms with van der Waals surface area (Å²) in [5.41, 5.74) is 2.66. The van der Waals surface area contributed by atoms with Crippen LogP contribution < -0.4 is 9.64 Å². The van der Waals surface area contributed by atoms with E-state index in [1.54, 1.807) is 19.9 Å². The molecule has 0 aliphatic rings. The Morgan fingerprint density at radius 2 is 1.64 bits per heavy atom. The van der Waals surface area contributed by atoms with Crippen molar-refractivity contribution >= 4 is 17.5 Å². The summed E-state index contributed by atoms with van der Waals surface area (Å²) in [6, 6.07) is 7.72. The molecule has 0 heterocycles. The van der Waals surface area contributed by atoms with Crippen LogP contribution in [0.2, 0.25) is 0 Å². The largest absolute Gasteiger partial charge is 0.507 e. The second-order valence-corrected chi connectivity index (χ2v) is 6.04. The fraction of sp³-hybridized carbons (Fsp3) is 0.250. The number of hydrogen-bond acceptors (Lipinski definition) is 5. The number of rotatable bonds is 5. The fourth-order valence-electron chi connectivity index (χ4n) is 2.61. The molecule has 0 bridgehead atoms. The van der Waals surface area contributed by atoms with Crippen LogP contribution in [0.3, 0.4) is 0 Å². The number of ether oxygens (including phenoxy) is 1. The average Bonchev–Trinajstić information content (AvgIpc) is 2.61.